The van der Waals surface area contributed by atoms with E-state index in [1.54, 1.807) is 0 Å². The summed E-state index contributed by atoms with van der Waals surface area (Å²) in [7, 11) is 0. The monoisotopic (exact) mass is 277 g/mol. The van der Waals surface area contributed by atoms with Crippen molar-refractivity contribution in [2.24, 2.45) is 5.73 Å². The Labute approximate surface area is 112 Å². The standard InChI is InChI=1S/C12H19NO4.ClH/c1-2-3-4-8(15)12(13)11-9(16)5-7(14)6-10(11)17;/h5-6,8,12,14-17H,2-4,13H2,1H3;1H/t8-,12-;/m0./s1. The molecular formula is C12H20ClNO4. The van der Waals surface area contributed by atoms with Crippen LogP contribution in [0.15, 0.2) is 12.1 Å². The summed E-state index contributed by atoms with van der Waals surface area (Å²) >= 11 is 0. The Morgan fingerprint density at radius 3 is 2.11 bits per heavy atom. The van der Waals surface area contributed by atoms with Crippen molar-refractivity contribution in [3.05, 3.63) is 17.7 Å². The first kappa shape index (κ1) is 16.8. The van der Waals surface area contributed by atoms with Crippen LogP contribution >= 0.6 is 12.4 Å². The fourth-order valence-electron chi connectivity index (χ4n) is 1.74. The lowest BCUT2D eigenvalue weighted by Crippen LogP contribution is -2.26. The van der Waals surface area contributed by atoms with Crippen molar-refractivity contribution in [3.63, 3.8) is 0 Å². The Bertz CT molecular complexity index is 363. The molecule has 0 saturated heterocycles. The zero-order valence-corrected chi connectivity index (χ0v) is 11.0. The van der Waals surface area contributed by atoms with Crippen LogP contribution in [-0.2, 0) is 0 Å². The number of rotatable bonds is 5. The van der Waals surface area contributed by atoms with Gasteiger partial charge in [-0.1, -0.05) is 19.8 Å². The summed E-state index contributed by atoms with van der Waals surface area (Å²) in [6.07, 6.45) is 1.40. The van der Waals surface area contributed by atoms with Gasteiger partial charge in [0.2, 0.25) is 0 Å². The number of nitrogens with two attached hydrogens (primary N) is 1. The van der Waals surface area contributed by atoms with E-state index in [2.05, 4.69) is 0 Å². The van der Waals surface area contributed by atoms with Gasteiger partial charge in [0, 0.05) is 12.1 Å². The summed E-state index contributed by atoms with van der Waals surface area (Å²) in [5.74, 6) is -0.880. The van der Waals surface area contributed by atoms with Crippen LogP contribution in [0.25, 0.3) is 0 Å². The molecule has 0 aliphatic carbocycles. The molecule has 6 heteroatoms. The SMILES string of the molecule is CCCC[C@H](O)[C@H](N)c1c(O)cc(O)cc1O.Cl. The van der Waals surface area contributed by atoms with Gasteiger partial charge >= 0.3 is 0 Å². The van der Waals surface area contributed by atoms with Gasteiger partial charge in [0.25, 0.3) is 0 Å². The average Bonchev–Trinajstić information content (AvgIpc) is 2.24. The summed E-state index contributed by atoms with van der Waals surface area (Å²) in [4.78, 5) is 0. The van der Waals surface area contributed by atoms with Crippen LogP contribution in [0.1, 0.15) is 37.8 Å². The van der Waals surface area contributed by atoms with Gasteiger partial charge in [-0.25, -0.2) is 0 Å². The maximum Gasteiger partial charge on any atom is 0.127 e. The van der Waals surface area contributed by atoms with Crippen molar-refractivity contribution in [3.8, 4) is 17.2 Å². The van der Waals surface area contributed by atoms with Gasteiger partial charge in [0.05, 0.1) is 17.7 Å². The highest BCUT2D eigenvalue weighted by Crippen LogP contribution is 2.37. The fraction of sp³-hybridized carbons (Fsp3) is 0.500. The van der Waals surface area contributed by atoms with Crippen LogP contribution in [0.3, 0.4) is 0 Å². The molecule has 0 heterocycles. The van der Waals surface area contributed by atoms with E-state index in [9.17, 15) is 15.3 Å². The number of hydrogen-bond donors (Lipinski definition) is 5. The van der Waals surface area contributed by atoms with Crippen LogP contribution in [0.2, 0.25) is 0 Å². The second kappa shape index (κ2) is 7.31. The first-order valence-electron chi connectivity index (χ1n) is 5.65. The highest BCUT2D eigenvalue weighted by atomic mass is 35.5. The van der Waals surface area contributed by atoms with E-state index in [-0.39, 0.29) is 35.2 Å². The molecule has 0 aromatic heterocycles. The molecule has 104 valence electrons. The molecular weight excluding hydrogens is 258 g/mol. The van der Waals surface area contributed by atoms with Crippen LogP contribution in [-0.4, -0.2) is 26.5 Å². The molecule has 0 fully saturated rings. The van der Waals surface area contributed by atoms with Gasteiger partial charge in [-0.2, -0.15) is 0 Å². The lowest BCUT2D eigenvalue weighted by molar-refractivity contribution is 0.130. The third kappa shape index (κ3) is 3.94. The zero-order valence-electron chi connectivity index (χ0n) is 10.2. The van der Waals surface area contributed by atoms with Gasteiger partial charge in [0.15, 0.2) is 0 Å². The number of unbranched alkanes of at least 4 members (excludes halogenated alkanes) is 1. The third-order valence-electron chi connectivity index (χ3n) is 2.72. The summed E-state index contributed by atoms with van der Waals surface area (Å²) in [6.45, 7) is 1.99. The lowest BCUT2D eigenvalue weighted by Gasteiger charge is -2.21. The number of aromatic hydroxyl groups is 3. The van der Waals surface area contributed by atoms with Crippen molar-refractivity contribution < 1.29 is 20.4 Å². The zero-order chi connectivity index (χ0) is 13.0. The van der Waals surface area contributed by atoms with Crippen molar-refractivity contribution in [2.45, 2.75) is 38.3 Å². The van der Waals surface area contributed by atoms with E-state index in [0.717, 1.165) is 25.0 Å². The average molecular weight is 278 g/mol. The summed E-state index contributed by atoms with van der Waals surface area (Å²) < 4.78 is 0. The Morgan fingerprint density at radius 2 is 1.67 bits per heavy atom. The minimum Gasteiger partial charge on any atom is -0.508 e. The van der Waals surface area contributed by atoms with E-state index in [0.29, 0.717) is 6.42 Å². The summed E-state index contributed by atoms with van der Waals surface area (Å²) in [6, 6.07) is 1.30. The maximum absolute atomic E-state index is 9.81. The smallest absolute Gasteiger partial charge is 0.127 e. The van der Waals surface area contributed by atoms with Crippen molar-refractivity contribution >= 4 is 12.4 Å². The van der Waals surface area contributed by atoms with Gasteiger partial charge in [-0.15, -0.1) is 12.4 Å². The first-order valence-corrected chi connectivity index (χ1v) is 5.65. The van der Waals surface area contributed by atoms with Crippen LogP contribution in [0.5, 0.6) is 17.2 Å². The molecule has 1 rings (SSSR count). The Hall–Kier alpha value is -1.17. The molecule has 2 atom stereocenters. The maximum atomic E-state index is 9.81. The predicted molar refractivity (Wildman–Crippen MR) is 71.1 cm³/mol. The Balaban J connectivity index is 0.00000289. The molecule has 1 aromatic rings. The highest BCUT2D eigenvalue weighted by Gasteiger charge is 2.23. The topological polar surface area (TPSA) is 107 Å². The number of aliphatic hydroxyl groups excluding tert-OH is 1. The van der Waals surface area contributed by atoms with Crippen LogP contribution in [0.4, 0.5) is 0 Å². The van der Waals surface area contributed by atoms with Crippen molar-refractivity contribution in [2.75, 3.05) is 0 Å². The van der Waals surface area contributed by atoms with Gasteiger partial charge in [-0.3, -0.25) is 0 Å². The molecule has 0 aliphatic rings. The summed E-state index contributed by atoms with van der Waals surface area (Å²) in [5.41, 5.74) is 5.84. The van der Waals surface area contributed by atoms with Gasteiger partial charge < -0.3 is 26.2 Å². The molecule has 6 N–H and O–H groups in total. The largest absolute Gasteiger partial charge is 0.508 e. The fourth-order valence-corrected chi connectivity index (χ4v) is 1.74. The second-order valence-corrected chi connectivity index (χ2v) is 4.13. The molecule has 0 unspecified atom stereocenters. The third-order valence-corrected chi connectivity index (χ3v) is 2.72. The quantitative estimate of drug-likeness (QED) is 0.564. The molecule has 0 bridgehead atoms. The minimum absolute atomic E-state index is 0. The van der Waals surface area contributed by atoms with E-state index in [4.69, 9.17) is 10.8 Å². The molecule has 5 nitrogen and oxygen atoms in total. The Kier molecular flexibility index (Phi) is 6.83. The number of aliphatic hydroxyl groups is 1. The molecule has 0 aliphatic heterocycles. The van der Waals surface area contributed by atoms with E-state index in [1.165, 1.54) is 0 Å². The Morgan fingerprint density at radius 1 is 1.17 bits per heavy atom. The number of phenolic OH excluding ortho intramolecular Hbond substituents is 3. The molecule has 18 heavy (non-hydrogen) atoms. The molecule has 1 aromatic carbocycles. The molecule has 0 amide bonds. The van der Waals surface area contributed by atoms with Crippen LogP contribution in [0, 0.1) is 0 Å². The number of hydrogen-bond acceptors (Lipinski definition) is 5. The van der Waals surface area contributed by atoms with E-state index >= 15 is 0 Å². The van der Waals surface area contributed by atoms with Gasteiger partial charge in [0.1, 0.15) is 17.2 Å². The first-order chi connectivity index (χ1) is 7.97. The van der Waals surface area contributed by atoms with E-state index < -0.39 is 12.1 Å². The number of halogens is 1. The minimum atomic E-state index is -0.873. The van der Waals surface area contributed by atoms with Crippen molar-refractivity contribution in [1.82, 2.24) is 0 Å². The van der Waals surface area contributed by atoms with Gasteiger partial charge in [-0.05, 0) is 6.42 Å². The number of phenols is 3. The number of benzene rings is 1. The second-order valence-electron chi connectivity index (χ2n) is 4.13. The lowest BCUT2D eigenvalue weighted by atomic mass is 9.96. The molecule has 0 spiro atoms. The molecule has 0 radical (unpaired) electrons. The highest BCUT2D eigenvalue weighted by molar-refractivity contribution is 5.85. The van der Waals surface area contributed by atoms with Crippen molar-refractivity contribution in [1.29, 1.82) is 0 Å². The van der Waals surface area contributed by atoms with E-state index in [1.807, 2.05) is 6.92 Å². The summed E-state index contributed by atoms with van der Waals surface area (Å²) in [5, 5.41) is 38.2. The van der Waals surface area contributed by atoms with Crippen LogP contribution < -0.4 is 5.73 Å². The molecule has 0 saturated carbocycles. The normalized spacial score (nSPS) is 13.7. The predicted octanol–water partition coefficient (Wildman–Crippen LogP) is 1.78.